The van der Waals surface area contributed by atoms with Gasteiger partial charge >= 0.3 is 0 Å². The van der Waals surface area contributed by atoms with Gasteiger partial charge in [-0.25, -0.2) is 4.98 Å². The highest BCUT2D eigenvalue weighted by Crippen LogP contribution is 2.12. The molecule has 4 nitrogen and oxygen atoms in total. The average Bonchev–Trinajstić information content (AvgIpc) is 2.26. The fourth-order valence-electron chi connectivity index (χ4n) is 0.998. The third kappa shape index (κ3) is 3.83. The van der Waals surface area contributed by atoms with Crippen molar-refractivity contribution in [2.75, 3.05) is 6.61 Å². The SMILES string of the molecule is CC[C@H](O)COc1cnc(C(C)C)cn1. The zero-order valence-corrected chi connectivity index (χ0v) is 9.47. The molecule has 1 aromatic rings. The minimum Gasteiger partial charge on any atom is -0.474 e. The molecule has 0 aliphatic heterocycles. The second-order valence-corrected chi connectivity index (χ2v) is 3.81. The maximum Gasteiger partial charge on any atom is 0.232 e. The zero-order chi connectivity index (χ0) is 11.3. The summed E-state index contributed by atoms with van der Waals surface area (Å²) in [6.45, 7) is 6.30. The van der Waals surface area contributed by atoms with Gasteiger partial charge in [0.2, 0.25) is 5.88 Å². The number of aliphatic hydroxyl groups is 1. The van der Waals surface area contributed by atoms with Gasteiger partial charge in [0.05, 0.1) is 24.2 Å². The molecular weight excluding hydrogens is 192 g/mol. The Kier molecular flexibility index (Phi) is 4.49. The summed E-state index contributed by atoms with van der Waals surface area (Å²) < 4.78 is 5.27. The number of nitrogens with zero attached hydrogens (tertiary/aromatic N) is 2. The summed E-state index contributed by atoms with van der Waals surface area (Å²) in [5.41, 5.74) is 0.943. The van der Waals surface area contributed by atoms with E-state index in [4.69, 9.17) is 4.74 Å². The topological polar surface area (TPSA) is 55.2 Å². The van der Waals surface area contributed by atoms with Crippen LogP contribution in [0.2, 0.25) is 0 Å². The summed E-state index contributed by atoms with van der Waals surface area (Å²) in [5.74, 6) is 0.833. The quantitative estimate of drug-likeness (QED) is 0.804. The molecule has 0 amide bonds. The number of hydrogen-bond acceptors (Lipinski definition) is 4. The second-order valence-electron chi connectivity index (χ2n) is 3.81. The van der Waals surface area contributed by atoms with Crippen molar-refractivity contribution in [3.8, 4) is 5.88 Å². The van der Waals surface area contributed by atoms with Gasteiger partial charge in [0, 0.05) is 0 Å². The minimum atomic E-state index is -0.434. The normalized spacial score (nSPS) is 12.9. The van der Waals surface area contributed by atoms with Crippen molar-refractivity contribution in [3.63, 3.8) is 0 Å². The Morgan fingerprint density at radius 3 is 2.53 bits per heavy atom. The first-order valence-corrected chi connectivity index (χ1v) is 5.26. The van der Waals surface area contributed by atoms with Crippen LogP contribution >= 0.6 is 0 Å². The average molecular weight is 210 g/mol. The van der Waals surface area contributed by atoms with Crippen molar-refractivity contribution >= 4 is 0 Å². The summed E-state index contributed by atoms with van der Waals surface area (Å²) in [5, 5.41) is 9.29. The molecule has 0 saturated carbocycles. The van der Waals surface area contributed by atoms with Gasteiger partial charge in [0.25, 0.3) is 0 Å². The fraction of sp³-hybridized carbons (Fsp3) is 0.636. The Bertz CT molecular complexity index is 285. The summed E-state index contributed by atoms with van der Waals surface area (Å²) >= 11 is 0. The lowest BCUT2D eigenvalue weighted by Gasteiger charge is -2.09. The number of rotatable bonds is 5. The molecule has 15 heavy (non-hydrogen) atoms. The predicted octanol–water partition coefficient (Wildman–Crippen LogP) is 1.75. The van der Waals surface area contributed by atoms with E-state index in [0.717, 1.165) is 5.69 Å². The van der Waals surface area contributed by atoms with Crippen molar-refractivity contribution in [2.24, 2.45) is 0 Å². The van der Waals surface area contributed by atoms with E-state index in [1.165, 1.54) is 0 Å². The molecule has 4 heteroatoms. The Morgan fingerprint density at radius 1 is 1.33 bits per heavy atom. The summed E-state index contributed by atoms with van der Waals surface area (Å²) in [6.07, 6.45) is 3.55. The van der Waals surface area contributed by atoms with Gasteiger partial charge in [-0.05, 0) is 12.3 Å². The molecule has 0 saturated heterocycles. The minimum absolute atomic E-state index is 0.270. The summed E-state index contributed by atoms with van der Waals surface area (Å²) in [7, 11) is 0. The Labute approximate surface area is 90.3 Å². The third-order valence-electron chi connectivity index (χ3n) is 2.13. The van der Waals surface area contributed by atoms with Crippen LogP contribution in [0, 0.1) is 0 Å². The lowest BCUT2D eigenvalue weighted by atomic mass is 10.1. The number of aromatic nitrogens is 2. The molecule has 1 atom stereocenters. The number of hydrogen-bond donors (Lipinski definition) is 1. The Morgan fingerprint density at radius 2 is 2.07 bits per heavy atom. The molecule has 1 aromatic heterocycles. The maximum atomic E-state index is 9.29. The van der Waals surface area contributed by atoms with E-state index >= 15 is 0 Å². The van der Waals surface area contributed by atoms with Gasteiger partial charge < -0.3 is 9.84 Å². The van der Waals surface area contributed by atoms with Crippen LogP contribution in [0.25, 0.3) is 0 Å². The van der Waals surface area contributed by atoms with Gasteiger partial charge in [0.15, 0.2) is 0 Å². The molecule has 0 bridgehead atoms. The van der Waals surface area contributed by atoms with Gasteiger partial charge in [-0.3, -0.25) is 4.98 Å². The maximum absolute atomic E-state index is 9.29. The largest absolute Gasteiger partial charge is 0.474 e. The molecule has 1 rings (SSSR count). The zero-order valence-electron chi connectivity index (χ0n) is 9.47. The van der Waals surface area contributed by atoms with Crippen LogP contribution in [0.5, 0.6) is 5.88 Å². The van der Waals surface area contributed by atoms with Crippen LogP contribution in [-0.2, 0) is 0 Å². The first kappa shape index (κ1) is 11.9. The second kappa shape index (κ2) is 5.66. The molecule has 0 unspecified atom stereocenters. The van der Waals surface area contributed by atoms with Crippen LogP contribution < -0.4 is 4.74 Å². The lowest BCUT2D eigenvalue weighted by molar-refractivity contribution is 0.101. The molecule has 1 heterocycles. The molecule has 0 spiro atoms. The molecular formula is C11H18N2O2. The monoisotopic (exact) mass is 210 g/mol. The van der Waals surface area contributed by atoms with E-state index in [9.17, 15) is 5.11 Å². The highest BCUT2D eigenvalue weighted by molar-refractivity contribution is 5.09. The smallest absolute Gasteiger partial charge is 0.232 e. The molecule has 0 aliphatic carbocycles. The van der Waals surface area contributed by atoms with E-state index in [-0.39, 0.29) is 6.61 Å². The van der Waals surface area contributed by atoms with E-state index in [2.05, 4.69) is 23.8 Å². The standard InChI is InChI=1S/C11H18N2O2/c1-4-9(14)7-15-11-6-12-10(5-13-11)8(2)3/h5-6,8-9,14H,4,7H2,1-3H3/t9-/m0/s1. The third-order valence-corrected chi connectivity index (χ3v) is 2.13. The van der Waals surface area contributed by atoms with Gasteiger partial charge in [0.1, 0.15) is 6.61 Å². The highest BCUT2D eigenvalue weighted by Gasteiger charge is 2.04. The van der Waals surface area contributed by atoms with Crippen molar-refractivity contribution in [3.05, 3.63) is 18.1 Å². The van der Waals surface area contributed by atoms with E-state index < -0.39 is 6.10 Å². The van der Waals surface area contributed by atoms with Crippen LogP contribution in [0.15, 0.2) is 12.4 Å². The van der Waals surface area contributed by atoms with Crippen LogP contribution in [0.4, 0.5) is 0 Å². The summed E-state index contributed by atoms with van der Waals surface area (Å²) in [4.78, 5) is 8.32. The van der Waals surface area contributed by atoms with Gasteiger partial charge in [-0.1, -0.05) is 20.8 Å². The van der Waals surface area contributed by atoms with Crippen molar-refractivity contribution < 1.29 is 9.84 Å². The number of aliphatic hydroxyl groups excluding tert-OH is 1. The lowest BCUT2D eigenvalue weighted by Crippen LogP contribution is -2.16. The first-order chi connectivity index (χ1) is 7.13. The van der Waals surface area contributed by atoms with E-state index in [0.29, 0.717) is 18.2 Å². The molecule has 0 aromatic carbocycles. The Hall–Kier alpha value is -1.16. The van der Waals surface area contributed by atoms with E-state index in [1.54, 1.807) is 12.4 Å². The highest BCUT2D eigenvalue weighted by atomic mass is 16.5. The fourth-order valence-corrected chi connectivity index (χ4v) is 0.998. The molecule has 0 radical (unpaired) electrons. The van der Waals surface area contributed by atoms with Crippen LogP contribution in [0.3, 0.4) is 0 Å². The van der Waals surface area contributed by atoms with Crippen molar-refractivity contribution in [2.45, 2.75) is 39.2 Å². The Balaban J connectivity index is 2.50. The van der Waals surface area contributed by atoms with Gasteiger partial charge in [-0.2, -0.15) is 0 Å². The van der Waals surface area contributed by atoms with Gasteiger partial charge in [-0.15, -0.1) is 0 Å². The van der Waals surface area contributed by atoms with Crippen LogP contribution in [-0.4, -0.2) is 27.8 Å². The first-order valence-electron chi connectivity index (χ1n) is 5.26. The summed E-state index contributed by atoms with van der Waals surface area (Å²) in [6, 6.07) is 0. The molecule has 1 N–H and O–H groups in total. The van der Waals surface area contributed by atoms with E-state index in [1.807, 2.05) is 6.92 Å². The molecule has 84 valence electrons. The molecule has 0 aliphatic rings. The number of ether oxygens (including phenoxy) is 1. The van der Waals surface area contributed by atoms with Crippen LogP contribution in [0.1, 0.15) is 38.8 Å². The van der Waals surface area contributed by atoms with Crippen molar-refractivity contribution in [1.29, 1.82) is 0 Å². The molecule has 0 fully saturated rings. The predicted molar refractivity (Wildman–Crippen MR) is 57.9 cm³/mol. The van der Waals surface area contributed by atoms with Crippen molar-refractivity contribution in [1.82, 2.24) is 9.97 Å².